The molecule has 0 N–H and O–H groups in total. The highest BCUT2D eigenvalue weighted by atomic mass is 16.5. The Balaban J connectivity index is 2.14. The molecule has 1 nitrogen and oxygen atoms in total. The fraction of sp³-hybridized carbons (Fsp3) is 1.00. The molecule has 1 heteroatoms. The normalized spacial score (nSPS) is 57.0. The summed E-state index contributed by atoms with van der Waals surface area (Å²) in [6.07, 6.45) is 5.64. The topological polar surface area (TPSA) is 9.23 Å². The van der Waals surface area contributed by atoms with Crippen LogP contribution in [0, 0.1) is 16.7 Å². The van der Waals surface area contributed by atoms with Crippen molar-refractivity contribution in [1.82, 2.24) is 0 Å². The summed E-state index contributed by atoms with van der Waals surface area (Å²) < 4.78 is 6.10. The lowest BCUT2D eigenvalue weighted by Gasteiger charge is -2.48. The molecule has 1 aliphatic heterocycles. The molecule has 13 heavy (non-hydrogen) atoms. The van der Waals surface area contributed by atoms with Gasteiger partial charge >= 0.3 is 0 Å². The van der Waals surface area contributed by atoms with Gasteiger partial charge < -0.3 is 4.74 Å². The van der Waals surface area contributed by atoms with Gasteiger partial charge in [0.2, 0.25) is 0 Å². The van der Waals surface area contributed by atoms with E-state index in [9.17, 15) is 0 Å². The molecular formula is C12H20O. The van der Waals surface area contributed by atoms with E-state index in [1.54, 1.807) is 0 Å². The molecule has 3 aliphatic rings. The van der Waals surface area contributed by atoms with Crippen molar-refractivity contribution in [3.63, 3.8) is 0 Å². The predicted octanol–water partition coefficient (Wildman–Crippen LogP) is 2.99. The minimum absolute atomic E-state index is 0.197. The first-order valence-electron chi connectivity index (χ1n) is 5.66. The molecular weight excluding hydrogens is 160 g/mol. The average molecular weight is 180 g/mol. The van der Waals surface area contributed by atoms with E-state index in [-0.39, 0.29) is 5.60 Å². The van der Waals surface area contributed by atoms with E-state index < -0.39 is 0 Å². The van der Waals surface area contributed by atoms with E-state index in [0.717, 1.165) is 12.5 Å². The van der Waals surface area contributed by atoms with Crippen molar-refractivity contribution in [3.8, 4) is 0 Å². The SMILES string of the molecule is CC1(C)[C@@H]2CC[C@@]3(CCO[C@@]13C)C2. The molecule has 1 spiro atoms. The van der Waals surface area contributed by atoms with Crippen LogP contribution in [0.2, 0.25) is 0 Å². The van der Waals surface area contributed by atoms with Crippen LogP contribution < -0.4 is 0 Å². The summed E-state index contributed by atoms with van der Waals surface area (Å²) in [6.45, 7) is 8.22. The number of rotatable bonds is 0. The molecule has 3 atom stereocenters. The fourth-order valence-corrected chi connectivity index (χ4v) is 4.50. The maximum Gasteiger partial charge on any atom is 0.0764 e. The van der Waals surface area contributed by atoms with Crippen molar-refractivity contribution in [3.05, 3.63) is 0 Å². The van der Waals surface area contributed by atoms with Crippen molar-refractivity contribution in [2.45, 2.75) is 52.1 Å². The van der Waals surface area contributed by atoms with Gasteiger partial charge in [0, 0.05) is 12.0 Å². The van der Waals surface area contributed by atoms with Crippen LogP contribution in [0.5, 0.6) is 0 Å². The quantitative estimate of drug-likeness (QED) is 0.557. The minimum atomic E-state index is 0.197. The third-order valence-electron chi connectivity index (χ3n) is 5.84. The predicted molar refractivity (Wildman–Crippen MR) is 52.5 cm³/mol. The Morgan fingerprint density at radius 1 is 1.15 bits per heavy atom. The molecule has 0 unspecified atom stereocenters. The van der Waals surface area contributed by atoms with Crippen molar-refractivity contribution in [2.24, 2.45) is 16.7 Å². The average Bonchev–Trinajstić information content (AvgIpc) is 2.64. The van der Waals surface area contributed by atoms with Gasteiger partial charge in [-0.15, -0.1) is 0 Å². The lowest BCUT2D eigenvalue weighted by atomic mass is 9.61. The minimum Gasteiger partial charge on any atom is -0.374 e. The molecule has 1 heterocycles. The largest absolute Gasteiger partial charge is 0.374 e. The zero-order valence-corrected chi connectivity index (χ0v) is 9.02. The first-order valence-corrected chi connectivity index (χ1v) is 5.66. The maximum absolute atomic E-state index is 6.10. The number of fused-ring (bicyclic) bond motifs is 1. The van der Waals surface area contributed by atoms with Crippen LogP contribution in [0.25, 0.3) is 0 Å². The number of ether oxygens (including phenoxy) is 1. The van der Waals surface area contributed by atoms with Crippen molar-refractivity contribution >= 4 is 0 Å². The Labute approximate surface area is 80.8 Å². The fourth-order valence-electron chi connectivity index (χ4n) is 4.50. The molecule has 3 rings (SSSR count). The Morgan fingerprint density at radius 3 is 2.62 bits per heavy atom. The molecule has 2 aliphatic carbocycles. The van der Waals surface area contributed by atoms with Crippen LogP contribution in [0.3, 0.4) is 0 Å². The summed E-state index contributed by atoms with van der Waals surface area (Å²) in [5.41, 5.74) is 1.19. The van der Waals surface area contributed by atoms with E-state index in [1.807, 2.05) is 0 Å². The van der Waals surface area contributed by atoms with Gasteiger partial charge in [-0.25, -0.2) is 0 Å². The molecule has 0 amide bonds. The van der Waals surface area contributed by atoms with E-state index in [1.165, 1.54) is 25.7 Å². The first-order chi connectivity index (χ1) is 6.02. The molecule has 3 fully saturated rings. The molecule has 0 aromatic rings. The first kappa shape index (κ1) is 8.28. The third-order valence-corrected chi connectivity index (χ3v) is 5.84. The Bertz CT molecular complexity index is 254. The van der Waals surface area contributed by atoms with E-state index in [0.29, 0.717) is 10.8 Å². The van der Waals surface area contributed by atoms with Gasteiger partial charge in [0.15, 0.2) is 0 Å². The van der Waals surface area contributed by atoms with Crippen molar-refractivity contribution in [2.75, 3.05) is 6.61 Å². The highest BCUT2D eigenvalue weighted by Crippen LogP contribution is 2.72. The van der Waals surface area contributed by atoms with Gasteiger partial charge in [-0.2, -0.15) is 0 Å². The summed E-state index contributed by atoms with van der Waals surface area (Å²) in [6, 6.07) is 0. The molecule has 0 aromatic heterocycles. The van der Waals surface area contributed by atoms with Crippen molar-refractivity contribution < 1.29 is 4.74 Å². The van der Waals surface area contributed by atoms with Crippen LogP contribution in [0.4, 0.5) is 0 Å². The number of hydrogen-bond donors (Lipinski definition) is 0. The van der Waals surface area contributed by atoms with Crippen LogP contribution in [-0.4, -0.2) is 12.2 Å². The lowest BCUT2D eigenvalue weighted by Crippen LogP contribution is -2.50. The lowest BCUT2D eigenvalue weighted by molar-refractivity contribution is -0.122. The maximum atomic E-state index is 6.10. The highest BCUT2D eigenvalue weighted by Gasteiger charge is 2.71. The zero-order chi connectivity index (χ0) is 9.32. The summed E-state index contributed by atoms with van der Waals surface area (Å²) in [4.78, 5) is 0. The van der Waals surface area contributed by atoms with Crippen LogP contribution >= 0.6 is 0 Å². The summed E-state index contributed by atoms with van der Waals surface area (Å²) >= 11 is 0. The summed E-state index contributed by atoms with van der Waals surface area (Å²) in [7, 11) is 0. The monoisotopic (exact) mass is 180 g/mol. The van der Waals surface area contributed by atoms with Gasteiger partial charge in [-0.3, -0.25) is 0 Å². The Hall–Kier alpha value is -0.0400. The van der Waals surface area contributed by atoms with Gasteiger partial charge in [0.25, 0.3) is 0 Å². The van der Waals surface area contributed by atoms with Gasteiger partial charge in [-0.05, 0) is 43.9 Å². The zero-order valence-electron chi connectivity index (χ0n) is 9.02. The third kappa shape index (κ3) is 0.643. The second kappa shape index (κ2) is 1.98. The molecule has 0 radical (unpaired) electrons. The van der Waals surface area contributed by atoms with Crippen LogP contribution in [0.15, 0.2) is 0 Å². The van der Waals surface area contributed by atoms with Crippen LogP contribution in [-0.2, 0) is 4.74 Å². The summed E-state index contributed by atoms with van der Waals surface area (Å²) in [5, 5.41) is 0. The molecule has 2 saturated carbocycles. The van der Waals surface area contributed by atoms with Gasteiger partial charge in [0.05, 0.1) is 5.60 Å². The smallest absolute Gasteiger partial charge is 0.0764 e. The molecule has 1 saturated heterocycles. The molecule has 74 valence electrons. The van der Waals surface area contributed by atoms with E-state index >= 15 is 0 Å². The Kier molecular flexibility index (Phi) is 1.26. The molecule has 2 bridgehead atoms. The van der Waals surface area contributed by atoms with Gasteiger partial charge in [-0.1, -0.05) is 13.8 Å². The van der Waals surface area contributed by atoms with Gasteiger partial charge in [0.1, 0.15) is 0 Å². The van der Waals surface area contributed by atoms with Crippen LogP contribution in [0.1, 0.15) is 46.5 Å². The van der Waals surface area contributed by atoms with E-state index in [4.69, 9.17) is 4.74 Å². The second-order valence-corrected chi connectivity index (χ2v) is 6.07. The van der Waals surface area contributed by atoms with E-state index in [2.05, 4.69) is 20.8 Å². The summed E-state index contributed by atoms with van der Waals surface area (Å²) in [5.74, 6) is 0.929. The second-order valence-electron chi connectivity index (χ2n) is 6.07. The number of hydrogen-bond acceptors (Lipinski definition) is 1. The standard InChI is InChI=1S/C12H20O/c1-10(2)9-4-5-12(8-9)6-7-13-11(10,12)3/h9H,4-8H2,1-3H3/t9-,11+,12-/m1/s1. The molecule has 0 aromatic carbocycles. The Morgan fingerprint density at radius 2 is 1.92 bits per heavy atom. The highest BCUT2D eigenvalue weighted by molar-refractivity contribution is 5.20. The van der Waals surface area contributed by atoms with Crippen molar-refractivity contribution in [1.29, 1.82) is 0 Å².